The van der Waals surface area contributed by atoms with Crippen molar-refractivity contribution in [3.8, 4) is 0 Å². The van der Waals surface area contributed by atoms with E-state index in [2.05, 4.69) is 0 Å². The average Bonchev–Trinajstić information content (AvgIpc) is 3.06. The van der Waals surface area contributed by atoms with Crippen LogP contribution < -0.4 is 0 Å². The summed E-state index contributed by atoms with van der Waals surface area (Å²) < 4.78 is 11.1. The molecule has 0 aliphatic heterocycles. The van der Waals surface area contributed by atoms with Crippen LogP contribution in [0.3, 0.4) is 0 Å². The lowest BCUT2D eigenvalue weighted by molar-refractivity contribution is 0.00402. The van der Waals surface area contributed by atoms with E-state index in [1.165, 1.54) is 0 Å². The zero-order chi connectivity index (χ0) is 13.5. The molecule has 0 bridgehead atoms. The van der Waals surface area contributed by atoms with Gasteiger partial charge in [-0.25, -0.2) is 0 Å². The first kappa shape index (κ1) is 12.7. The molecule has 1 aromatic carbocycles. The van der Waals surface area contributed by atoms with Crippen LogP contribution in [0.4, 0.5) is 0 Å². The van der Waals surface area contributed by atoms with Crippen molar-refractivity contribution in [1.29, 1.82) is 0 Å². The van der Waals surface area contributed by atoms with Crippen molar-refractivity contribution in [2.24, 2.45) is 0 Å². The quantitative estimate of drug-likeness (QED) is 0.789. The minimum Gasteiger partial charge on any atom is -0.451 e. The molecule has 0 spiro atoms. The molecule has 3 rings (SSSR count). The monoisotopic (exact) mass is 278 g/mol. The summed E-state index contributed by atoms with van der Waals surface area (Å²) in [7, 11) is 1.60. The number of hydrogen-bond donors (Lipinski definition) is 0. The third-order valence-electron chi connectivity index (χ3n) is 3.94. The van der Waals surface area contributed by atoms with Crippen molar-refractivity contribution in [1.82, 2.24) is 0 Å². The molecule has 4 heteroatoms. The van der Waals surface area contributed by atoms with Crippen molar-refractivity contribution in [2.45, 2.75) is 31.3 Å². The number of carbonyl (C=O) groups excluding carboxylic acids is 1. The number of furan rings is 1. The molecule has 1 saturated carbocycles. The molecule has 100 valence electrons. The molecule has 1 aliphatic carbocycles. The number of benzene rings is 1. The van der Waals surface area contributed by atoms with Gasteiger partial charge in [-0.1, -0.05) is 23.7 Å². The molecular weight excluding hydrogens is 264 g/mol. The number of hydrogen-bond acceptors (Lipinski definition) is 3. The van der Waals surface area contributed by atoms with Gasteiger partial charge < -0.3 is 9.15 Å². The lowest BCUT2D eigenvalue weighted by Crippen LogP contribution is -2.37. The number of para-hydroxylation sites is 1. The highest BCUT2D eigenvalue weighted by Gasteiger charge is 2.43. The number of ketones is 1. The second kappa shape index (κ2) is 4.66. The summed E-state index contributed by atoms with van der Waals surface area (Å²) in [5, 5.41) is 1.37. The zero-order valence-electron chi connectivity index (χ0n) is 10.7. The first-order chi connectivity index (χ1) is 9.16. The fourth-order valence-electron chi connectivity index (χ4n) is 2.83. The Balaban J connectivity index is 2.04. The lowest BCUT2D eigenvalue weighted by Gasteiger charge is -2.24. The summed E-state index contributed by atoms with van der Waals surface area (Å²) in [5.74, 6) is 0.270. The maximum absolute atomic E-state index is 12.6. The molecular formula is C15H15ClO3. The average molecular weight is 279 g/mol. The van der Waals surface area contributed by atoms with Gasteiger partial charge in [-0.2, -0.15) is 0 Å². The first-order valence-corrected chi connectivity index (χ1v) is 6.82. The highest BCUT2D eigenvalue weighted by Crippen LogP contribution is 2.37. The molecule has 0 saturated heterocycles. The number of halogens is 1. The molecule has 0 N–H and O–H groups in total. The number of rotatable bonds is 3. The summed E-state index contributed by atoms with van der Waals surface area (Å²) in [6.45, 7) is 0. The van der Waals surface area contributed by atoms with Crippen LogP contribution in [0.15, 0.2) is 28.7 Å². The second-order valence-electron chi connectivity index (χ2n) is 5.00. The molecule has 0 radical (unpaired) electrons. The molecule has 1 fully saturated rings. The van der Waals surface area contributed by atoms with E-state index in [-0.39, 0.29) is 5.78 Å². The molecule has 1 heterocycles. The Bertz CT molecular complexity index is 623. The van der Waals surface area contributed by atoms with Crippen molar-refractivity contribution < 1.29 is 13.9 Å². The van der Waals surface area contributed by atoms with Crippen LogP contribution in [0.2, 0.25) is 5.02 Å². The molecule has 19 heavy (non-hydrogen) atoms. The Morgan fingerprint density at radius 2 is 2.11 bits per heavy atom. The van der Waals surface area contributed by atoms with Crippen LogP contribution in [-0.2, 0) is 4.74 Å². The van der Waals surface area contributed by atoms with Crippen LogP contribution in [0, 0.1) is 0 Å². The molecule has 1 aliphatic rings. The van der Waals surface area contributed by atoms with E-state index in [4.69, 9.17) is 20.8 Å². The van der Waals surface area contributed by atoms with Crippen LogP contribution in [-0.4, -0.2) is 18.5 Å². The van der Waals surface area contributed by atoms with Gasteiger partial charge in [0.05, 0.1) is 5.02 Å². The zero-order valence-corrected chi connectivity index (χ0v) is 11.5. The highest BCUT2D eigenvalue weighted by atomic mass is 35.5. The highest BCUT2D eigenvalue weighted by molar-refractivity contribution is 6.34. The number of carbonyl (C=O) groups is 1. The minimum atomic E-state index is -0.708. The van der Waals surface area contributed by atoms with Crippen LogP contribution >= 0.6 is 11.6 Å². The molecule has 0 unspecified atom stereocenters. The molecule has 2 aromatic rings. The van der Waals surface area contributed by atoms with Crippen molar-refractivity contribution in [3.63, 3.8) is 0 Å². The molecule has 1 aromatic heterocycles. The smallest absolute Gasteiger partial charge is 0.229 e. The van der Waals surface area contributed by atoms with Gasteiger partial charge >= 0.3 is 0 Å². The maximum Gasteiger partial charge on any atom is 0.229 e. The number of Topliss-reactive ketones (excluding diaryl/α,β-unsaturated/α-hetero) is 1. The predicted molar refractivity (Wildman–Crippen MR) is 73.8 cm³/mol. The number of ether oxygens (including phenoxy) is 1. The Labute approximate surface area is 116 Å². The fraction of sp³-hybridized carbons (Fsp3) is 0.400. The largest absolute Gasteiger partial charge is 0.451 e. The SMILES string of the molecule is COC1(C(=O)c2cc3cccc(Cl)c3o2)CCCC1. The van der Waals surface area contributed by atoms with Crippen molar-refractivity contribution in [2.75, 3.05) is 7.11 Å². The van der Waals surface area contributed by atoms with Crippen LogP contribution in [0.1, 0.15) is 36.2 Å². The van der Waals surface area contributed by atoms with E-state index in [1.54, 1.807) is 19.2 Å². The van der Waals surface area contributed by atoms with Gasteiger partial charge in [-0.05, 0) is 37.8 Å². The van der Waals surface area contributed by atoms with Gasteiger partial charge in [-0.3, -0.25) is 4.79 Å². The summed E-state index contributed by atoms with van der Waals surface area (Å²) in [5.41, 5.74) is -0.142. The summed E-state index contributed by atoms with van der Waals surface area (Å²) in [4.78, 5) is 12.6. The van der Waals surface area contributed by atoms with Gasteiger partial charge in [0.25, 0.3) is 0 Å². The van der Waals surface area contributed by atoms with E-state index >= 15 is 0 Å². The summed E-state index contributed by atoms with van der Waals surface area (Å²) in [6, 6.07) is 7.23. The van der Waals surface area contributed by atoms with E-state index in [0.29, 0.717) is 16.4 Å². The topological polar surface area (TPSA) is 39.4 Å². The minimum absolute atomic E-state index is 0.0697. The van der Waals surface area contributed by atoms with Crippen molar-refractivity contribution in [3.05, 3.63) is 35.0 Å². The van der Waals surface area contributed by atoms with Crippen LogP contribution in [0.5, 0.6) is 0 Å². The summed E-state index contributed by atoms with van der Waals surface area (Å²) in [6.07, 6.45) is 3.54. The Hall–Kier alpha value is -1.32. The maximum atomic E-state index is 12.6. The van der Waals surface area contributed by atoms with Gasteiger partial charge in [0.2, 0.25) is 5.78 Å². The third kappa shape index (κ3) is 1.97. The van der Waals surface area contributed by atoms with E-state index < -0.39 is 5.60 Å². The number of methoxy groups -OCH3 is 1. The summed E-state index contributed by atoms with van der Waals surface area (Å²) >= 11 is 6.07. The van der Waals surface area contributed by atoms with E-state index in [0.717, 1.165) is 31.1 Å². The lowest BCUT2D eigenvalue weighted by atomic mass is 9.94. The normalized spacial score (nSPS) is 18.0. The second-order valence-corrected chi connectivity index (χ2v) is 5.41. The molecule has 0 atom stereocenters. The Morgan fingerprint density at radius 3 is 2.74 bits per heavy atom. The Kier molecular flexibility index (Phi) is 3.11. The van der Waals surface area contributed by atoms with Gasteiger partial charge in [0, 0.05) is 12.5 Å². The third-order valence-corrected chi connectivity index (χ3v) is 4.23. The fourth-order valence-corrected chi connectivity index (χ4v) is 3.05. The van der Waals surface area contributed by atoms with Gasteiger partial charge in [0.1, 0.15) is 5.60 Å². The van der Waals surface area contributed by atoms with E-state index in [9.17, 15) is 4.79 Å². The van der Waals surface area contributed by atoms with Gasteiger partial charge in [-0.15, -0.1) is 0 Å². The number of fused-ring (bicyclic) bond motifs is 1. The van der Waals surface area contributed by atoms with Gasteiger partial charge in [0.15, 0.2) is 11.3 Å². The first-order valence-electron chi connectivity index (χ1n) is 6.44. The molecule has 3 nitrogen and oxygen atoms in total. The predicted octanol–water partition coefficient (Wildman–Crippen LogP) is 4.23. The van der Waals surface area contributed by atoms with Crippen molar-refractivity contribution >= 4 is 28.4 Å². The molecule has 0 amide bonds. The van der Waals surface area contributed by atoms with Crippen LogP contribution in [0.25, 0.3) is 11.0 Å². The Morgan fingerprint density at radius 1 is 1.37 bits per heavy atom. The standard InChI is InChI=1S/C15H15ClO3/c1-18-15(7-2-3-8-15)14(17)12-9-10-5-4-6-11(16)13(10)19-12/h4-6,9H,2-3,7-8H2,1H3. The van der Waals surface area contributed by atoms with E-state index in [1.807, 2.05) is 12.1 Å².